The molecule has 0 aromatic rings. The first-order valence-corrected chi connectivity index (χ1v) is 5.38. The summed E-state index contributed by atoms with van der Waals surface area (Å²) in [7, 11) is 1.99. The molecule has 1 saturated heterocycles. The Morgan fingerprint density at radius 3 is 3.00 bits per heavy atom. The Morgan fingerprint density at radius 2 is 2.31 bits per heavy atom. The number of aliphatic hydroxyl groups is 1. The van der Waals surface area contributed by atoms with E-state index in [4.69, 9.17) is 5.11 Å². The lowest BCUT2D eigenvalue weighted by atomic mass is 10.00. The quantitative estimate of drug-likeness (QED) is 0.654. The van der Waals surface area contributed by atoms with Gasteiger partial charge in [0, 0.05) is 25.7 Å². The van der Waals surface area contributed by atoms with Crippen LogP contribution in [0.2, 0.25) is 0 Å². The van der Waals surface area contributed by atoms with Crippen LogP contribution in [0.25, 0.3) is 0 Å². The van der Waals surface area contributed by atoms with Crippen LogP contribution < -0.4 is 5.32 Å². The average Bonchev–Trinajstić information content (AvgIpc) is 2.17. The Bertz CT molecular complexity index is 128. The summed E-state index contributed by atoms with van der Waals surface area (Å²) in [5.41, 5.74) is 0. The second kappa shape index (κ2) is 6.35. The zero-order valence-electron chi connectivity index (χ0n) is 8.63. The molecule has 0 aromatic carbocycles. The van der Waals surface area contributed by atoms with E-state index in [0.717, 1.165) is 19.5 Å². The van der Waals surface area contributed by atoms with E-state index in [9.17, 15) is 0 Å². The third kappa shape index (κ3) is 3.63. The lowest BCUT2D eigenvalue weighted by molar-refractivity contribution is 0.121. The van der Waals surface area contributed by atoms with Gasteiger partial charge in [-0.25, -0.2) is 0 Å². The van der Waals surface area contributed by atoms with Crippen molar-refractivity contribution < 1.29 is 5.11 Å². The van der Waals surface area contributed by atoms with E-state index in [2.05, 4.69) is 10.2 Å². The van der Waals surface area contributed by atoms with Crippen LogP contribution in [0.3, 0.4) is 0 Å². The molecule has 0 saturated carbocycles. The third-order valence-electron chi connectivity index (χ3n) is 2.86. The molecule has 1 fully saturated rings. The number of hydrogen-bond acceptors (Lipinski definition) is 3. The van der Waals surface area contributed by atoms with Gasteiger partial charge < -0.3 is 10.4 Å². The summed E-state index contributed by atoms with van der Waals surface area (Å²) in [5.74, 6) is 0. The Kier molecular flexibility index (Phi) is 5.35. The van der Waals surface area contributed by atoms with Crippen LogP contribution in [0.5, 0.6) is 0 Å². The molecular formula is C10H22N2O. The van der Waals surface area contributed by atoms with Gasteiger partial charge in [-0.1, -0.05) is 6.42 Å². The molecule has 3 nitrogen and oxygen atoms in total. The molecule has 13 heavy (non-hydrogen) atoms. The number of nitrogens with zero attached hydrogens (tertiary/aromatic N) is 1. The predicted octanol–water partition coefficient (Wildman–Crippen LogP) is 0.443. The summed E-state index contributed by atoms with van der Waals surface area (Å²) in [6.45, 7) is 3.73. The molecule has 0 radical (unpaired) electrons. The van der Waals surface area contributed by atoms with Crippen LogP contribution in [0.15, 0.2) is 0 Å². The van der Waals surface area contributed by atoms with E-state index in [-0.39, 0.29) is 0 Å². The number of likely N-dealkylation sites (tertiary alicyclic amines) is 1. The van der Waals surface area contributed by atoms with Gasteiger partial charge >= 0.3 is 0 Å². The standard InChI is InChI=1S/C10H22N2O/c1-11-6-8-12-7-3-2-4-10(12)5-9-13/h10-11,13H,2-9H2,1H3. The maximum absolute atomic E-state index is 8.92. The maximum atomic E-state index is 8.92. The van der Waals surface area contributed by atoms with E-state index in [1.54, 1.807) is 0 Å². The molecule has 0 aromatic heterocycles. The minimum Gasteiger partial charge on any atom is -0.396 e. The summed E-state index contributed by atoms with van der Waals surface area (Å²) >= 11 is 0. The van der Waals surface area contributed by atoms with Gasteiger partial charge in [-0.3, -0.25) is 4.90 Å². The number of aliphatic hydroxyl groups excluding tert-OH is 1. The van der Waals surface area contributed by atoms with Crippen LogP contribution in [-0.4, -0.2) is 49.3 Å². The number of likely N-dealkylation sites (N-methyl/N-ethyl adjacent to an activating group) is 1. The fourth-order valence-corrected chi connectivity index (χ4v) is 2.09. The average molecular weight is 186 g/mol. The summed E-state index contributed by atoms with van der Waals surface area (Å²) < 4.78 is 0. The minimum absolute atomic E-state index is 0.334. The fraction of sp³-hybridized carbons (Fsp3) is 1.00. The van der Waals surface area contributed by atoms with Crippen LogP contribution in [0, 0.1) is 0 Å². The first kappa shape index (κ1) is 11.0. The predicted molar refractivity (Wildman–Crippen MR) is 54.8 cm³/mol. The van der Waals surface area contributed by atoms with Gasteiger partial charge in [-0.2, -0.15) is 0 Å². The smallest absolute Gasteiger partial charge is 0.0445 e. The fourth-order valence-electron chi connectivity index (χ4n) is 2.09. The highest BCUT2D eigenvalue weighted by atomic mass is 16.3. The molecule has 1 aliphatic rings. The molecular weight excluding hydrogens is 164 g/mol. The highest BCUT2D eigenvalue weighted by Crippen LogP contribution is 2.18. The molecule has 2 N–H and O–H groups in total. The Labute approximate surface area is 81.1 Å². The van der Waals surface area contributed by atoms with Crippen molar-refractivity contribution in [2.75, 3.05) is 33.3 Å². The van der Waals surface area contributed by atoms with Gasteiger partial charge in [0.15, 0.2) is 0 Å². The summed E-state index contributed by atoms with van der Waals surface area (Å²) in [5, 5.41) is 12.1. The molecule has 1 unspecified atom stereocenters. The highest BCUT2D eigenvalue weighted by Gasteiger charge is 2.20. The van der Waals surface area contributed by atoms with Gasteiger partial charge in [-0.15, -0.1) is 0 Å². The number of rotatable bonds is 5. The second-order valence-electron chi connectivity index (χ2n) is 3.80. The van der Waals surface area contributed by atoms with Crippen molar-refractivity contribution in [3.8, 4) is 0 Å². The van der Waals surface area contributed by atoms with E-state index in [1.807, 2.05) is 7.05 Å². The normalized spacial score (nSPS) is 24.9. The van der Waals surface area contributed by atoms with E-state index < -0.39 is 0 Å². The monoisotopic (exact) mass is 186 g/mol. The highest BCUT2D eigenvalue weighted by molar-refractivity contribution is 4.76. The lowest BCUT2D eigenvalue weighted by Gasteiger charge is -2.35. The first-order valence-electron chi connectivity index (χ1n) is 5.38. The van der Waals surface area contributed by atoms with Crippen molar-refractivity contribution in [3.63, 3.8) is 0 Å². The minimum atomic E-state index is 0.334. The van der Waals surface area contributed by atoms with Crippen molar-refractivity contribution in [2.45, 2.75) is 31.7 Å². The molecule has 0 aliphatic carbocycles. The van der Waals surface area contributed by atoms with Crippen molar-refractivity contribution >= 4 is 0 Å². The molecule has 0 bridgehead atoms. The van der Waals surface area contributed by atoms with Crippen molar-refractivity contribution in [1.82, 2.24) is 10.2 Å². The number of nitrogens with one attached hydrogen (secondary N) is 1. The van der Waals surface area contributed by atoms with Crippen LogP contribution in [-0.2, 0) is 0 Å². The van der Waals surface area contributed by atoms with Crippen LogP contribution in [0.1, 0.15) is 25.7 Å². The Balaban J connectivity index is 2.28. The summed E-state index contributed by atoms with van der Waals surface area (Å²) in [6.07, 6.45) is 4.88. The number of hydrogen-bond donors (Lipinski definition) is 2. The molecule has 3 heteroatoms. The van der Waals surface area contributed by atoms with Crippen LogP contribution in [0.4, 0.5) is 0 Å². The van der Waals surface area contributed by atoms with E-state index in [0.29, 0.717) is 12.6 Å². The van der Waals surface area contributed by atoms with Gasteiger partial charge in [0.1, 0.15) is 0 Å². The summed E-state index contributed by atoms with van der Waals surface area (Å²) in [6, 6.07) is 0.632. The van der Waals surface area contributed by atoms with Crippen molar-refractivity contribution in [3.05, 3.63) is 0 Å². The zero-order chi connectivity index (χ0) is 9.52. The Morgan fingerprint density at radius 1 is 1.46 bits per heavy atom. The molecule has 1 aliphatic heterocycles. The van der Waals surface area contributed by atoms with Gasteiger partial charge in [0.2, 0.25) is 0 Å². The third-order valence-corrected chi connectivity index (χ3v) is 2.86. The van der Waals surface area contributed by atoms with Gasteiger partial charge in [-0.05, 0) is 32.9 Å². The SMILES string of the molecule is CNCCN1CCCCC1CCO. The molecule has 1 rings (SSSR count). The van der Waals surface area contributed by atoms with Gasteiger partial charge in [0.25, 0.3) is 0 Å². The summed E-state index contributed by atoms with van der Waals surface area (Å²) in [4.78, 5) is 2.51. The van der Waals surface area contributed by atoms with Crippen molar-refractivity contribution in [1.29, 1.82) is 0 Å². The maximum Gasteiger partial charge on any atom is 0.0445 e. The first-order chi connectivity index (χ1) is 6.38. The number of piperidine rings is 1. The lowest BCUT2D eigenvalue weighted by Crippen LogP contribution is -2.43. The molecule has 0 amide bonds. The van der Waals surface area contributed by atoms with Crippen molar-refractivity contribution in [2.24, 2.45) is 0 Å². The Hall–Kier alpha value is -0.120. The van der Waals surface area contributed by atoms with Gasteiger partial charge in [0.05, 0.1) is 0 Å². The zero-order valence-corrected chi connectivity index (χ0v) is 8.63. The van der Waals surface area contributed by atoms with E-state index >= 15 is 0 Å². The second-order valence-corrected chi connectivity index (χ2v) is 3.80. The topological polar surface area (TPSA) is 35.5 Å². The largest absolute Gasteiger partial charge is 0.396 e. The van der Waals surface area contributed by atoms with Crippen LogP contribution >= 0.6 is 0 Å². The molecule has 1 heterocycles. The molecule has 78 valence electrons. The van der Waals surface area contributed by atoms with E-state index in [1.165, 1.54) is 25.8 Å². The molecule has 1 atom stereocenters. The molecule has 0 spiro atoms.